The first-order chi connectivity index (χ1) is 16.9. The van der Waals surface area contributed by atoms with Crippen molar-refractivity contribution in [1.29, 1.82) is 0 Å². The Bertz CT molecular complexity index is 1320. The lowest BCUT2D eigenvalue weighted by molar-refractivity contribution is -0.138. The lowest BCUT2D eigenvalue weighted by atomic mass is 9.72. The number of anilines is 1. The van der Waals surface area contributed by atoms with E-state index in [2.05, 4.69) is 22.2 Å². The first-order valence-electron chi connectivity index (χ1n) is 12.0. The Balaban J connectivity index is 1.38. The van der Waals surface area contributed by atoms with Gasteiger partial charge in [-0.15, -0.1) is 0 Å². The molecule has 0 spiro atoms. The van der Waals surface area contributed by atoms with E-state index in [9.17, 15) is 9.59 Å². The monoisotopic (exact) mass is 490 g/mol. The summed E-state index contributed by atoms with van der Waals surface area (Å²) < 4.78 is 5.89. The van der Waals surface area contributed by atoms with E-state index in [-0.39, 0.29) is 24.3 Å². The van der Waals surface area contributed by atoms with Crippen LogP contribution >= 0.6 is 11.6 Å². The molecule has 3 aliphatic heterocycles. The van der Waals surface area contributed by atoms with Crippen molar-refractivity contribution in [2.75, 3.05) is 32.1 Å². The number of piperazine rings is 1. The maximum absolute atomic E-state index is 14.2. The highest BCUT2D eigenvalue weighted by Gasteiger charge is 2.50. The number of fused-ring (bicyclic) bond motifs is 4. The van der Waals surface area contributed by atoms with Gasteiger partial charge in [-0.25, -0.2) is 0 Å². The second-order valence-corrected chi connectivity index (χ2v) is 10.3. The summed E-state index contributed by atoms with van der Waals surface area (Å²) in [6, 6.07) is 13.7. The molecule has 3 aliphatic rings. The minimum absolute atomic E-state index is 0.00428. The van der Waals surface area contributed by atoms with Crippen molar-refractivity contribution < 1.29 is 14.3 Å². The molecule has 0 aliphatic carbocycles. The Morgan fingerprint density at radius 2 is 2.03 bits per heavy atom. The molecule has 8 heteroatoms. The fourth-order valence-electron chi connectivity index (χ4n) is 5.96. The van der Waals surface area contributed by atoms with E-state index in [0.29, 0.717) is 47.6 Å². The first kappa shape index (κ1) is 22.3. The molecule has 3 aromatic rings. The zero-order valence-corrected chi connectivity index (χ0v) is 20.3. The fraction of sp³-hybridized carbons (Fsp3) is 0.370. The van der Waals surface area contributed by atoms with E-state index in [1.807, 2.05) is 29.2 Å². The van der Waals surface area contributed by atoms with Gasteiger partial charge in [0.2, 0.25) is 11.8 Å². The van der Waals surface area contributed by atoms with Crippen LogP contribution in [0.5, 0.6) is 5.75 Å². The molecule has 35 heavy (non-hydrogen) atoms. The molecule has 2 fully saturated rings. The van der Waals surface area contributed by atoms with E-state index in [1.54, 1.807) is 30.6 Å². The Morgan fingerprint density at radius 1 is 1.17 bits per heavy atom. The standard InChI is InChI=1S/C27H27ClN4O3/c1-31-15-20-11-19(31)16-32(20)25(33)12-27(8-9-35-24-7-6-18(28)10-22(24)27)26(34)30-23-14-29-13-17-4-2-3-5-21(17)23/h2-7,10,13-14,19-20H,8-9,11-12,15-16H2,1H3,(H,30,34)/t19-,20-,27?/m0/s1. The van der Waals surface area contributed by atoms with Gasteiger partial charge in [0.15, 0.2) is 0 Å². The summed E-state index contributed by atoms with van der Waals surface area (Å²) in [6.45, 7) is 1.94. The third-order valence-corrected chi connectivity index (χ3v) is 8.12. The molecule has 6 rings (SSSR count). The largest absolute Gasteiger partial charge is 0.493 e. The van der Waals surface area contributed by atoms with Crippen molar-refractivity contribution in [1.82, 2.24) is 14.8 Å². The number of hydrogen-bond acceptors (Lipinski definition) is 5. The van der Waals surface area contributed by atoms with Crippen LogP contribution in [-0.4, -0.2) is 65.4 Å². The number of hydrogen-bond donors (Lipinski definition) is 1. The number of halogens is 1. The van der Waals surface area contributed by atoms with Crippen molar-refractivity contribution in [2.45, 2.75) is 36.8 Å². The zero-order valence-electron chi connectivity index (χ0n) is 19.5. The maximum Gasteiger partial charge on any atom is 0.235 e. The third-order valence-electron chi connectivity index (χ3n) is 7.88. The van der Waals surface area contributed by atoms with Gasteiger partial charge in [-0.1, -0.05) is 35.9 Å². The number of likely N-dealkylation sites (N-methyl/N-ethyl adjacent to an activating group) is 1. The number of likely N-dealkylation sites (tertiary alicyclic amines) is 2. The highest BCUT2D eigenvalue weighted by molar-refractivity contribution is 6.30. The molecular formula is C27H27ClN4O3. The van der Waals surface area contributed by atoms with Gasteiger partial charge in [-0.2, -0.15) is 0 Å². The number of amides is 2. The summed E-state index contributed by atoms with van der Waals surface area (Å²) in [5, 5.41) is 5.45. The Labute approximate surface area is 209 Å². The number of nitrogens with one attached hydrogen (secondary N) is 1. The number of pyridine rings is 1. The second-order valence-electron chi connectivity index (χ2n) is 9.89. The van der Waals surface area contributed by atoms with E-state index < -0.39 is 5.41 Å². The van der Waals surface area contributed by atoms with Gasteiger partial charge in [-0.05, 0) is 31.7 Å². The SMILES string of the molecule is CN1C[C@@H]2C[C@H]1CN2C(=O)CC1(C(=O)Nc2cncc3ccccc23)CCOc2ccc(Cl)cc21. The fourth-order valence-corrected chi connectivity index (χ4v) is 6.13. The van der Waals surface area contributed by atoms with E-state index in [1.165, 1.54) is 0 Å². The summed E-state index contributed by atoms with van der Waals surface area (Å²) in [5.74, 6) is 0.365. The van der Waals surface area contributed by atoms with Crippen LogP contribution in [0, 0.1) is 0 Å². The Morgan fingerprint density at radius 3 is 2.83 bits per heavy atom. The number of rotatable bonds is 4. The highest BCUT2D eigenvalue weighted by atomic mass is 35.5. The van der Waals surface area contributed by atoms with E-state index in [0.717, 1.165) is 23.7 Å². The average molecular weight is 491 g/mol. The lowest BCUT2D eigenvalue weighted by Crippen LogP contribution is -2.52. The summed E-state index contributed by atoms with van der Waals surface area (Å²) >= 11 is 6.38. The minimum atomic E-state index is -1.10. The first-order valence-corrected chi connectivity index (χ1v) is 12.4. The number of nitrogens with zero attached hydrogens (tertiary/aromatic N) is 3. The lowest BCUT2D eigenvalue weighted by Gasteiger charge is -2.39. The van der Waals surface area contributed by atoms with E-state index in [4.69, 9.17) is 16.3 Å². The average Bonchev–Trinajstić information content (AvgIpc) is 3.44. The number of aromatic nitrogens is 1. The van der Waals surface area contributed by atoms with Crippen molar-refractivity contribution >= 4 is 39.9 Å². The summed E-state index contributed by atoms with van der Waals surface area (Å²) in [5.41, 5.74) is 0.189. The molecule has 2 aromatic carbocycles. The summed E-state index contributed by atoms with van der Waals surface area (Å²) in [7, 11) is 2.11. The third kappa shape index (κ3) is 3.74. The molecular weight excluding hydrogens is 464 g/mol. The number of carbonyl (C=O) groups is 2. The molecule has 7 nitrogen and oxygen atoms in total. The van der Waals surface area contributed by atoms with Gasteiger partial charge in [0.05, 0.1) is 23.9 Å². The van der Waals surface area contributed by atoms with Gasteiger partial charge < -0.3 is 15.0 Å². The molecule has 4 heterocycles. The molecule has 0 saturated carbocycles. The quantitative estimate of drug-likeness (QED) is 0.601. The van der Waals surface area contributed by atoms with Gasteiger partial charge >= 0.3 is 0 Å². The molecule has 2 bridgehead atoms. The predicted molar refractivity (Wildman–Crippen MR) is 135 cm³/mol. The second kappa shape index (κ2) is 8.50. The van der Waals surface area contributed by atoms with Crippen LogP contribution in [0.2, 0.25) is 5.02 Å². The normalized spacial score (nSPS) is 25.4. The van der Waals surface area contributed by atoms with Crippen LogP contribution in [0.4, 0.5) is 5.69 Å². The Hall–Kier alpha value is -3.16. The summed E-state index contributed by atoms with van der Waals surface area (Å²) in [6.07, 6.45) is 4.88. The molecule has 2 amide bonds. The predicted octanol–water partition coefficient (Wildman–Crippen LogP) is 3.85. The highest BCUT2D eigenvalue weighted by Crippen LogP contribution is 2.45. The van der Waals surface area contributed by atoms with Gasteiger partial charge in [-0.3, -0.25) is 19.5 Å². The van der Waals surface area contributed by atoms with Crippen LogP contribution in [0.15, 0.2) is 54.9 Å². The molecule has 1 unspecified atom stereocenters. The van der Waals surface area contributed by atoms with Crippen LogP contribution < -0.4 is 10.1 Å². The minimum Gasteiger partial charge on any atom is -0.493 e. The van der Waals surface area contributed by atoms with Gasteiger partial charge in [0, 0.05) is 65.6 Å². The maximum atomic E-state index is 14.2. The van der Waals surface area contributed by atoms with Crippen molar-refractivity contribution in [2.24, 2.45) is 0 Å². The van der Waals surface area contributed by atoms with Crippen molar-refractivity contribution in [3.8, 4) is 5.75 Å². The smallest absolute Gasteiger partial charge is 0.235 e. The molecule has 180 valence electrons. The van der Waals surface area contributed by atoms with Crippen molar-refractivity contribution in [3.63, 3.8) is 0 Å². The van der Waals surface area contributed by atoms with Crippen LogP contribution in [0.25, 0.3) is 10.8 Å². The molecule has 1 N–H and O–H groups in total. The van der Waals surface area contributed by atoms with Crippen LogP contribution in [0.1, 0.15) is 24.8 Å². The topological polar surface area (TPSA) is 74.8 Å². The molecule has 1 aromatic heterocycles. The molecule has 0 radical (unpaired) electrons. The number of carbonyl (C=O) groups excluding carboxylic acids is 2. The van der Waals surface area contributed by atoms with Gasteiger partial charge in [0.25, 0.3) is 0 Å². The number of ether oxygens (including phenoxy) is 1. The van der Waals surface area contributed by atoms with Gasteiger partial charge in [0.1, 0.15) is 5.75 Å². The Kier molecular flexibility index (Phi) is 5.42. The van der Waals surface area contributed by atoms with E-state index >= 15 is 0 Å². The zero-order chi connectivity index (χ0) is 24.2. The summed E-state index contributed by atoms with van der Waals surface area (Å²) in [4.78, 5) is 36.5. The molecule has 2 saturated heterocycles. The van der Waals surface area contributed by atoms with Crippen LogP contribution in [-0.2, 0) is 15.0 Å². The number of benzene rings is 2. The molecule has 3 atom stereocenters. The van der Waals surface area contributed by atoms with Crippen molar-refractivity contribution in [3.05, 3.63) is 65.4 Å². The van der Waals surface area contributed by atoms with Crippen LogP contribution in [0.3, 0.4) is 0 Å².